The Morgan fingerprint density at radius 3 is 2.29 bits per heavy atom. The van der Waals surface area contributed by atoms with Gasteiger partial charge in [0.25, 0.3) is 0 Å². The third-order valence-corrected chi connectivity index (χ3v) is 3.97. The van der Waals surface area contributed by atoms with Crippen LogP contribution in [0.15, 0.2) is 0 Å². The molecule has 0 aromatic heterocycles. The van der Waals surface area contributed by atoms with Crippen LogP contribution in [0.4, 0.5) is 0 Å². The molecule has 3 heteroatoms. The van der Waals surface area contributed by atoms with Gasteiger partial charge in [-0.15, -0.1) is 0 Å². The zero-order valence-electron chi connectivity index (χ0n) is 9.33. The first-order chi connectivity index (χ1) is 6.69. The summed E-state index contributed by atoms with van der Waals surface area (Å²) in [5.41, 5.74) is 6.18. The topological polar surface area (TPSA) is 38.5 Å². The van der Waals surface area contributed by atoms with Gasteiger partial charge in [0, 0.05) is 18.0 Å². The average Bonchev–Trinajstić information content (AvgIpc) is 1.97. The van der Waals surface area contributed by atoms with Gasteiger partial charge in [0.2, 0.25) is 0 Å². The van der Waals surface area contributed by atoms with Gasteiger partial charge in [0.05, 0.1) is 13.2 Å². The summed E-state index contributed by atoms with van der Waals surface area (Å²) in [6.07, 6.45) is 4.16. The molecule has 0 radical (unpaired) electrons. The van der Waals surface area contributed by atoms with E-state index in [0.29, 0.717) is 6.04 Å². The minimum absolute atomic E-state index is 0.259. The van der Waals surface area contributed by atoms with Gasteiger partial charge in [0.1, 0.15) is 0 Å². The Labute approximate surface area is 86.6 Å². The third-order valence-electron chi connectivity index (χ3n) is 3.97. The maximum Gasteiger partial charge on any atom is 0.0572 e. The first-order valence-electron chi connectivity index (χ1n) is 5.64. The molecule has 0 aromatic rings. The van der Waals surface area contributed by atoms with Crippen molar-refractivity contribution in [2.24, 2.45) is 17.1 Å². The van der Waals surface area contributed by atoms with Crippen molar-refractivity contribution in [1.82, 2.24) is 4.90 Å². The van der Waals surface area contributed by atoms with Crippen LogP contribution < -0.4 is 5.73 Å². The first kappa shape index (κ1) is 10.4. The van der Waals surface area contributed by atoms with Crippen LogP contribution in [0.25, 0.3) is 0 Å². The molecule has 3 nitrogen and oxygen atoms in total. The van der Waals surface area contributed by atoms with Gasteiger partial charge in [0.15, 0.2) is 0 Å². The highest BCUT2D eigenvalue weighted by molar-refractivity contribution is 5.01. The van der Waals surface area contributed by atoms with Crippen LogP contribution in [0.5, 0.6) is 0 Å². The van der Waals surface area contributed by atoms with Crippen LogP contribution in [0.3, 0.4) is 0 Å². The number of rotatable bonds is 4. The maximum absolute atomic E-state index is 5.92. The summed E-state index contributed by atoms with van der Waals surface area (Å²) in [5, 5.41) is 0. The molecular formula is C11H22N2O. The second-order valence-corrected chi connectivity index (χ2v) is 5.16. The van der Waals surface area contributed by atoms with Crippen molar-refractivity contribution >= 4 is 0 Å². The van der Waals surface area contributed by atoms with E-state index < -0.39 is 0 Å². The number of nitrogens with two attached hydrogens (primary N) is 1. The lowest BCUT2D eigenvalue weighted by Crippen LogP contribution is -2.63. The van der Waals surface area contributed by atoms with Crippen molar-refractivity contribution in [3.05, 3.63) is 0 Å². The molecular weight excluding hydrogens is 176 g/mol. The van der Waals surface area contributed by atoms with Crippen LogP contribution in [0.1, 0.15) is 19.3 Å². The number of hydrogen-bond acceptors (Lipinski definition) is 3. The van der Waals surface area contributed by atoms with Gasteiger partial charge in [-0.1, -0.05) is 6.42 Å². The fourth-order valence-corrected chi connectivity index (χ4v) is 3.00. The SMILES string of the molecule is CN(C)C(C1CCC1)C1(CN)COC1. The van der Waals surface area contributed by atoms with Crippen LogP contribution in [-0.2, 0) is 4.74 Å². The monoisotopic (exact) mass is 198 g/mol. The molecule has 0 spiro atoms. The van der Waals surface area contributed by atoms with Crippen molar-refractivity contribution in [3.8, 4) is 0 Å². The standard InChI is InChI=1S/C11H22N2O/c1-13(2)10(9-4-3-5-9)11(6-12)7-14-8-11/h9-10H,3-8,12H2,1-2H3. The Kier molecular flexibility index (Phi) is 2.82. The highest BCUT2D eigenvalue weighted by Crippen LogP contribution is 2.43. The van der Waals surface area contributed by atoms with E-state index in [9.17, 15) is 0 Å². The fraction of sp³-hybridized carbons (Fsp3) is 1.00. The lowest BCUT2D eigenvalue weighted by Gasteiger charge is -2.53. The maximum atomic E-state index is 5.92. The molecule has 82 valence electrons. The predicted octanol–water partition coefficient (Wildman–Crippen LogP) is 0.692. The third kappa shape index (κ3) is 1.47. The summed E-state index contributed by atoms with van der Waals surface area (Å²) in [6, 6.07) is 0.634. The smallest absolute Gasteiger partial charge is 0.0572 e. The molecule has 0 amide bonds. The molecule has 1 atom stereocenters. The molecule has 1 aliphatic heterocycles. The van der Waals surface area contributed by atoms with Gasteiger partial charge in [-0.2, -0.15) is 0 Å². The van der Waals surface area contributed by atoms with E-state index in [1.807, 2.05) is 0 Å². The molecule has 1 saturated carbocycles. The Hall–Kier alpha value is -0.120. The van der Waals surface area contributed by atoms with Gasteiger partial charge < -0.3 is 15.4 Å². The molecule has 2 rings (SSSR count). The van der Waals surface area contributed by atoms with Crippen LogP contribution in [0.2, 0.25) is 0 Å². The molecule has 0 aromatic carbocycles. The summed E-state index contributed by atoms with van der Waals surface area (Å²) in [4.78, 5) is 2.36. The van der Waals surface area contributed by atoms with Crippen LogP contribution in [-0.4, -0.2) is 44.8 Å². The van der Waals surface area contributed by atoms with Gasteiger partial charge >= 0.3 is 0 Å². The van der Waals surface area contributed by atoms with Crippen molar-refractivity contribution < 1.29 is 4.74 Å². The summed E-state index contributed by atoms with van der Waals surface area (Å²) in [7, 11) is 4.36. The zero-order chi connectivity index (χ0) is 10.2. The normalized spacial score (nSPS) is 28.3. The Balaban J connectivity index is 2.08. The number of nitrogens with zero attached hydrogens (tertiary/aromatic N) is 1. The average molecular weight is 198 g/mol. The lowest BCUT2D eigenvalue weighted by atomic mass is 9.66. The molecule has 2 fully saturated rings. The predicted molar refractivity (Wildman–Crippen MR) is 57.1 cm³/mol. The van der Waals surface area contributed by atoms with Gasteiger partial charge in [-0.05, 0) is 32.9 Å². The Morgan fingerprint density at radius 1 is 1.43 bits per heavy atom. The summed E-state index contributed by atoms with van der Waals surface area (Å²) in [5.74, 6) is 0.859. The van der Waals surface area contributed by atoms with E-state index in [1.165, 1.54) is 19.3 Å². The van der Waals surface area contributed by atoms with Crippen molar-refractivity contribution in [2.45, 2.75) is 25.3 Å². The molecule has 2 N–H and O–H groups in total. The van der Waals surface area contributed by atoms with Crippen LogP contribution >= 0.6 is 0 Å². The van der Waals surface area contributed by atoms with E-state index in [0.717, 1.165) is 25.7 Å². The molecule has 0 bridgehead atoms. The fourth-order valence-electron chi connectivity index (χ4n) is 3.00. The van der Waals surface area contributed by atoms with E-state index in [2.05, 4.69) is 19.0 Å². The molecule has 1 unspecified atom stereocenters. The van der Waals surface area contributed by atoms with Gasteiger partial charge in [-0.3, -0.25) is 0 Å². The first-order valence-corrected chi connectivity index (χ1v) is 5.64. The van der Waals surface area contributed by atoms with E-state index in [1.54, 1.807) is 0 Å². The second kappa shape index (κ2) is 3.80. The Bertz CT molecular complexity index is 192. The molecule has 1 heterocycles. The zero-order valence-corrected chi connectivity index (χ0v) is 9.33. The number of hydrogen-bond donors (Lipinski definition) is 1. The second-order valence-electron chi connectivity index (χ2n) is 5.16. The van der Waals surface area contributed by atoms with Crippen LogP contribution in [0, 0.1) is 11.3 Å². The summed E-state index contributed by atoms with van der Waals surface area (Å²) >= 11 is 0. The highest BCUT2D eigenvalue weighted by Gasteiger charge is 2.49. The minimum Gasteiger partial charge on any atom is -0.380 e. The van der Waals surface area contributed by atoms with Gasteiger partial charge in [-0.25, -0.2) is 0 Å². The van der Waals surface area contributed by atoms with Crippen molar-refractivity contribution in [2.75, 3.05) is 33.9 Å². The summed E-state index contributed by atoms with van der Waals surface area (Å²) < 4.78 is 5.37. The molecule has 2 aliphatic rings. The number of ether oxygens (including phenoxy) is 1. The van der Waals surface area contributed by atoms with E-state index in [4.69, 9.17) is 10.5 Å². The summed E-state index contributed by atoms with van der Waals surface area (Å²) in [6.45, 7) is 2.50. The van der Waals surface area contributed by atoms with Crippen molar-refractivity contribution in [3.63, 3.8) is 0 Å². The molecule has 1 aliphatic carbocycles. The Morgan fingerprint density at radius 2 is 2.07 bits per heavy atom. The minimum atomic E-state index is 0.259. The molecule has 14 heavy (non-hydrogen) atoms. The highest BCUT2D eigenvalue weighted by atomic mass is 16.5. The quantitative estimate of drug-likeness (QED) is 0.722. The van der Waals surface area contributed by atoms with E-state index >= 15 is 0 Å². The van der Waals surface area contributed by atoms with E-state index in [-0.39, 0.29) is 5.41 Å². The molecule has 1 saturated heterocycles. The largest absolute Gasteiger partial charge is 0.380 e. The van der Waals surface area contributed by atoms with Crippen molar-refractivity contribution in [1.29, 1.82) is 0 Å². The lowest BCUT2D eigenvalue weighted by molar-refractivity contribution is -0.161.